The fraction of sp³-hybridized carbons (Fsp3) is 0.200. The highest BCUT2D eigenvalue weighted by molar-refractivity contribution is 5.55. The van der Waals surface area contributed by atoms with Crippen molar-refractivity contribution >= 4 is 5.69 Å². The van der Waals surface area contributed by atoms with Gasteiger partial charge in [-0.1, -0.05) is 18.2 Å². The Morgan fingerprint density at radius 1 is 1.05 bits per heavy atom. The Morgan fingerprint density at radius 3 is 2.60 bits per heavy atom. The smallest absolute Gasteiger partial charge is 0.231 e. The lowest BCUT2D eigenvalue weighted by Crippen LogP contribution is -2.02. The van der Waals surface area contributed by atoms with Crippen LogP contribution in [0.15, 0.2) is 36.4 Å². The molecule has 0 atom stereocenters. The molecule has 0 fully saturated rings. The third-order valence-corrected chi connectivity index (χ3v) is 3.23. The first-order chi connectivity index (χ1) is 9.78. The summed E-state index contributed by atoms with van der Waals surface area (Å²) in [5.74, 6) is 1.35. The molecular weight excluding hydrogens is 258 g/mol. The van der Waals surface area contributed by atoms with E-state index in [0.29, 0.717) is 23.6 Å². The van der Waals surface area contributed by atoms with E-state index in [1.54, 1.807) is 12.1 Å². The van der Waals surface area contributed by atoms with E-state index in [-0.39, 0.29) is 19.1 Å². The van der Waals surface area contributed by atoms with Crippen LogP contribution >= 0.6 is 0 Å². The maximum Gasteiger partial charge on any atom is 0.231 e. The molecule has 1 heterocycles. The van der Waals surface area contributed by atoms with Crippen molar-refractivity contribution in [3.8, 4) is 17.2 Å². The molecule has 2 aromatic rings. The molecule has 1 aliphatic rings. The van der Waals surface area contributed by atoms with Crippen LogP contribution in [0.3, 0.4) is 0 Å². The maximum absolute atomic E-state index is 9.95. The van der Waals surface area contributed by atoms with Crippen molar-refractivity contribution in [3.05, 3.63) is 47.5 Å². The van der Waals surface area contributed by atoms with E-state index in [1.165, 1.54) is 0 Å². The molecule has 20 heavy (non-hydrogen) atoms. The molecular formula is C15H15NO4. The van der Waals surface area contributed by atoms with E-state index < -0.39 is 0 Å². The van der Waals surface area contributed by atoms with Crippen LogP contribution in [0.25, 0.3) is 0 Å². The highest BCUT2D eigenvalue weighted by Crippen LogP contribution is 2.37. The number of ether oxygens (including phenoxy) is 2. The lowest BCUT2D eigenvalue weighted by molar-refractivity contribution is 0.174. The second-order valence-electron chi connectivity index (χ2n) is 4.50. The SMILES string of the molecule is OCc1ccccc1NCc1cc2c(cc1O)OCO2. The second-order valence-corrected chi connectivity index (χ2v) is 4.50. The van der Waals surface area contributed by atoms with Gasteiger partial charge in [0.2, 0.25) is 6.79 Å². The molecule has 0 aliphatic carbocycles. The number of aliphatic hydroxyl groups is 1. The topological polar surface area (TPSA) is 71.0 Å². The van der Waals surface area contributed by atoms with Gasteiger partial charge in [-0.05, 0) is 12.1 Å². The summed E-state index contributed by atoms with van der Waals surface area (Å²) in [7, 11) is 0. The Balaban J connectivity index is 1.78. The molecule has 0 unspecified atom stereocenters. The van der Waals surface area contributed by atoms with E-state index in [4.69, 9.17) is 9.47 Å². The fourth-order valence-corrected chi connectivity index (χ4v) is 2.14. The monoisotopic (exact) mass is 273 g/mol. The van der Waals surface area contributed by atoms with Crippen molar-refractivity contribution in [1.29, 1.82) is 0 Å². The minimum Gasteiger partial charge on any atom is -0.507 e. The zero-order valence-electron chi connectivity index (χ0n) is 10.8. The third-order valence-electron chi connectivity index (χ3n) is 3.23. The average molecular weight is 273 g/mol. The molecule has 0 bridgehead atoms. The van der Waals surface area contributed by atoms with Crippen molar-refractivity contribution in [2.75, 3.05) is 12.1 Å². The van der Waals surface area contributed by atoms with Gasteiger partial charge < -0.3 is 25.0 Å². The van der Waals surface area contributed by atoms with Crippen molar-refractivity contribution in [2.24, 2.45) is 0 Å². The van der Waals surface area contributed by atoms with Gasteiger partial charge in [0.1, 0.15) is 5.75 Å². The molecule has 5 heteroatoms. The summed E-state index contributed by atoms with van der Waals surface area (Å²) in [5.41, 5.74) is 2.36. The maximum atomic E-state index is 9.95. The number of rotatable bonds is 4. The largest absolute Gasteiger partial charge is 0.507 e. The Kier molecular flexibility index (Phi) is 3.35. The third kappa shape index (κ3) is 2.35. The van der Waals surface area contributed by atoms with Crippen LogP contribution in [-0.4, -0.2) is 17.0 Å². The quantitative estimate of drug-likeness (QED) is 0.796. The molecule has 1 aliphatic heterocycles. The Bertz CT molecular complexity index is 627. The van der Waals surface area contributed by atoms with Gasteiger partial charge in [-0.15, -0.1) is 0 Å². The number of hydrogen-bond donors (Lipinski definition) is 3. The minimum absolute atomic E-state index is 0.0315. The van der Waals surface area contributed by atoms with Gasteiger partial charge in [0.05, 0.1) is 6.61 Å². The molecule has 3 N–H and O–H groups in total. The summed E-state index contributed by atoms with van der Waals surface area (Å²) >= 11 is 0. The lowest BCUT2D eigenvalue weighted by atomic mass is 10.1. The van der Waals surface area contributed by atoms with Crippen LogP contribution in [0, 0.1) is 0 Å². The van der Waals surface area contributed by atoms with E-state index in [2.05, 4.69) is 5.32 Å². The van der Waals surface area contributed by atoms with Gasteiger partial charge >= 0.3 is 0 Å². The molecule has 0 amide bonds. The lowest BCUT2D eigenvalue weighted by Gasteiger charge is -2.12. The van der Waals surface area contributed by atoms with Crippen molar-refractivity contribution < 1.29 is 19.7 Å². The van der Waals surface area contributed by atoms with Crippen LogP contribution in [0.1, 0.15) is 11.1 Å². The molecule has 0 aromatic heterocycles. The summed E-state index contributed by atoms with van der Waals surface area (Å²) in [6, 6.07) is 10.8. The van der Waals surface area contributed by atoms with Gasteiger partial charge in [-0.3, -0.25) is 0 Å². The average Bonchev–Trinajstić information content (AvgIpc) is 2.92. The first-order valence-corrected chi connectivity index (χ1v) is 6.32. The normalized spacial score (nSPS) is 12.4. The number of aromatic hydroxyl groups is 1. The predicted octanol–water partition coefficient (Wildman–Crippen LogP) is 2.23. The van der Waals surface area contributed by atoms with Crippen molar-refractivity contribution in [2.45, 2.75) is 13.2 Å². The molecule has 5 nitrogen and oxygen atoms in total. The van der Waals surface area contributed by atoms with Crippen LogP contribution < -0.4 is 14.8 Å². The molecule has 0 saturated heterocycles. The van der Waals surface area contributed by atoms with Crippen LogP contribution in [0.5, 0.6) is 17.2 Å². The fourth-order valence-electron chi connectivity index (χ4n) is 2.14. The van der Waals surface area contributed by atoms with E-state index in [9.17, 15) is 10.2 Å². The van der Waals surface area contributed by atoms with Gasteiger partial charge in [-0.2, -0.15) is 0 Å². The first-order valence-electron chi connectivity index (χ1n) is 6.32. The summed E-state index contributed by atoms with van der Waals surface area (Å²) in [6.45, 7) is 0.578. The highest BCUT2D eigenvalue weighted by atomic mass is 16.7. The van der Waals surface area contributed by atoms with Crippen LogP contribution in [0.4, 0.5) is 5.69 Å². The summed E-state index contributed by atoms with van der Waals surface area (Å²) in [4.78, 5) is 0. The van der Waals surface area contributed by atoms with Gasteiger partial charge in [0.15, 0.2) is 11.5 Å². The second kappa shape index (κ2) is 5.30. The number of phenols is 1. The predicted molar refractivity (Wildman–Crippen MR) is 73.9 cm³/mol. The van der Waals surface area contributed by atoms with Crippen LogP contribution in [0.2, 0.25) is 0 Å². The Morgan fingerprint density at radius 2 is 1.80 bits per heavy atom. The van der Waals surface area contributed by atoms with E-state index >= 15 is 0 Å². The summed E-state index contributed by atoms with van der Waals surface area (Å²) in [5, 5.41) is 22.4. The van der Waals surface area contributed by atoms with Gasteiger partial charge in [0, 0.05) is 29.4 Å². The van der Waals surface area contributed by atoms with Crippen molar-refractivity contribution in [1.82, 2.24) is 0 Å². The highest BCUT2D eigenvalue weighted by Gasteiger charge is 2.16. The molecule has 0 saturated carbocycles. The van der Waals surface area contributed by atoms with Crippen LogP contribution in [-0.2, 0) is 13.2 Å². The number of fused-ring (bicyclic) bond motifs is 1. The summed E-state index contributed by atoms with van der Waals surface area (Å²) in [6.07, 6.45) is 0. The van der Waals surface area contributed by atoms with E-state index in [0.717, 1.165) is 11.3 Å². The number of phenolic OH excluding ortho intramolecular Hbond substituents is 1. The summed E-state index contributed by atoms with van der Waals surface area (Å²) < 4.78 is 10.5. The number of nitrogens with one attached hydrogen (secondary N) is 1. The number of anilines is 1. The number of aliphatic hydroxyl groups excluding tert-OH is 1. The molecule has 3 rings (SSSR count). The minimum atomic E-state index is -0.0315. The van der Waals surface area contributed by atoms with Gasteiger partial charge in [0.25, 0.3) is 0 Å². The van der Waals surface area contributed by atoms with E-state index in [1.807, 2.05) is 24.3 Å². The molecule has 0 radical (unpaired) electrons. The van der Waals surface area contributed by atoms with Gasteiger partial charge in [-0.25, -0.2) is 0 Å². The number of hydrogen-bond acceptors (Lipinski definition) is 5. The number of benzene rings is 2. The zero-order valence-corrected chi connectivity index (χ0v) is 10.8. The number of para-hydroxylation sites is 1. The first kappa shape index (κ1) is 12.6. The zero-order chi connectivity index (χ0) is 13.9. The molecule has 0 spiro atoms. The standard InChI is InChI=1S/C15H15NO4/c17-8-10-3-1-2-4-12(10)16-7-11-5-14-15(6-13(11)18)20-9-19-14/h1-6,16-18H,7-9H2. The Labute approximate surface area is 116 Å². The molecule has 104 valence electrons. The Hall–Kier alpha value is -2.40. The molecule has 2 aromatic carbocycles. The van der Waals surface area contributed by atoms with Crippen molar-refractivity contribution in [3.63, 3.8) is 0 Å².